The van der Waals surface area contributed by atoms with Crippen molar-refractivity contribution >= 4 is 13.8 Å². The van der Waals surface area contributed by atoms with E-state index in [2.05, 4.69) is 9.05 Å². The highest BCUT2D eigenvalue weighted by Crippen LogP contribution is 2.44. The first-order valence-corrected chi connectivity index (χ1v) is 5.95. The second kappa shape index (κ2) is 5.12. The molecule has 0 saturated heterocycles. The molecule has 6 nitrogen and oxygen atoms in total. The Bertz CT molecular complexity index is 430. The maximum atomic E-state index is 11.3. The topological polar surface area (TPSA) is 93.1 Å². The minimum absolute atomic E-state index is 0.0109. The van der Waals surface area contributed by atoms with Crippen molar-refractivity contribution < 1.29 is 28.4 Å². The minimum atomic E-state index is -4.24. The van der Waals surface area contributed by atoms with E-state index in [1.165, 1.54) is 31.2 Å². The Morgan fingerprint density at radius 1 is 1.44 bits per heavy atom. The second-order valence-electron chi connectivity index (χ2n) is 2.78. The molecule has 1 aromatic carbocycles. The molecule has 2 N–H and O–H groups in total. The van der Waals surface area contributed by atoms with Gasteiger partial charge in [-0.3, -0.25) is 9.42 Å². The number of para-hydroxylation sites is 1. The smallest absolute Gasteiger partial charge is 0.478 e. The van der Waals surface area contributed by atoms with Gasteiger partial charge >= 0.3 is 13.8 Å². The molecule has 0 aliphatic rings. The molecule has 0 saturated carbocycles. The van der Waals surface area contributed by atoms with Crippen LogP contribution in [0.3, 0.4) is 0 Å². The molecular formula is C9H11O6P. The highest BCUT2D eigenvalue weighted by atomic mass is 31.2. The Kier molecular flexibility index (Phi) is 4.06. The Labute approximate surface area is 92.1 Å². The molecule has 0 aliphatic carbocycles. The third-order valence-electron chi connectivity index (χ3n) is 1.62. The molecule has 0 bridgehead atoms. The number of phosphoric acid groups is 1. The van der Waals surface area contributed by atoms with Crippen LogP contribution in [0.5, 0.6) is 5.75 Å². The molecule has 88 valence electrons. The fraction of sp³-hybridized carbons (Fsp3) is 0.222. The molecule has 0 fully saturated rings. The van der Waals surface area contributed by atoms with Crippen molar-refractivity contribution in [3.8, 4) is 5.75 Å². The van der Waals surface area contributed by atoms with Crippen LogP contribution in [0.4, 0.5) is 0 Å². The van der Waals surface area contributed by atoms with E-state index in [0.717, 1.165) is 0 Å². The monoisotopic (exact) mass is 246 g/mol. The van der Waals surface area contributed by atoms with Gasteiger partial charge in [0.25, 0.3) is 0 Å². The van der Waals surface area contributed by atoms with Gasteiger partial charge in [-0.25, -0.2) is 9.36 Å². The lowest BCUT2D eigenvalue weighted by molar-refractivity contribution is 0.0694. The highest BCUT2D eigenvalue weighted by molar-refractivity contribution is 7.47. The molecule has 7 heteroatoms. The lowest BCUT2D eigenvalue weighted by Crippen LogP contribution is -2.03. The number of aromatic carboxylic acids is 1. The maximum Gasteiger partial charge on any atom is 0.527 e. The van der Waals surface area contributed by atoms with Gasteiger partial charge < -0.3 is 9.63 Å². The number of phosphoric ester groups is 1. The molecule has 1 unspecified atom stereocenters. The molecule has 0 radical (unpaired) electrons. The number of carbonyl (C=O) groups is 1. The van der Waals surface area contributed by atoms with Crippen molar-refractivity contribution in [2.24, 2.45) is 0 Å². The predicted octanol–water partition coefficient (Wildman–Crippen LogP) is 1.90. The molecule has 0 aliphatic heterocycles. The van der Waals surface area contributed by atoms with Crippen LogP contribution in [0.1, 0.15) is 17.3 Å². The largest absolute Gasteiger partial charge is 0.527 e. The number of carboxylic acids is 1. The number of rotatable bonds is 5. The van der Waals surface area contributed by atoms with Crippen LogP contribution in [-0.2, 0) is 9.09 Å². The summed E-state index contributed by atoms with van der Waals surface area (Å²) in [4.78, 5) is 20.0. The first-order chi connectivity index (χ1) is 7.46. The van der Waals surface area contributed by atoms with Crippen molar-refractivity contribution in [1.82, 2.24) is 0 Å². The van der Waals surface area contributed by atoms with Gasteiger partial charge in [-0.1, -0.05) is 12.1 Å². The number of benzene rings is 1. The third-order valence-corrected chi connectivity index (χ3v) is 2.64. The molecule has 1 atom stereocenters. The summed E-state index contributed by atoms with van der Waals surface area (Å²) in [5, 5.41) is 8.80. The van der Waals surface area contributed by atoms with Crippen LogP contribution in [0.2, 0.25) is 0 Å². The van der Waals surface area contributed by atoms with E-state index in [0.29, 0.717) is 0 Å². The Balaban J connectivity index is 2.97. The summed E-state index contributed by atoms with van der Waals surface area (Å²) in [6, 6.07) is 5.53. The quantitative estimate of drug-likeness (QED) is 0.770. The standard InChI is InChI=1S/C9H11O6P/c1-2-14-16(12,13)15-8-6-4-3-5-7(8)9(10)11/h3-6H,2H2,1H3,(H,10,11)(H,12,13). The van der Waals surface area contributed by atoms with E-state index in [1.54, 1.807) is 0 Å². The third kappa shape index (κ3) is 3.34. The van der Waals surface area contributed by atoms with E-state index < -0.39 is 13.8 Å². The summed E-state index contributed by atoms with van der Waals surface area (Å²) in [7, 11) is -4.24. The number of hydrogen-bond acceptors (Lipinski definition) is 4. The summed E-state index contributed by atoms with van der Waals surface area (Å²) < 4.78 is 20.4. The van der Waals surface area contributed by atoms with E-state index >= 15 is 0 Å². The molecule has 1 rings (SSSR count). The normalized spacial score (nSPS) is 14.1. The summed E-state index contributed by atoms with van der Waals surface area (Å²) >= 11 is 0. The average molecular weight is 246 g/mol. The van der Waals surface area contributed by atoms with E-state index in [4.69, 9.17) is 5.11 Å². The van der Waals surface area contributed by atoms with Gasteiger partial charge in [0.15, 0.2) is 0 Å². The van der Waals surface area contributed by atoms with Gasteiger partial charge in [-0.05, 0) is 19.1 Å². The molecule has 0 amide bonds. The summed E-state index contributed by atoms with van der Waals surface area (Å²) in [6.45, 7) is 1.51. The zero-order chi connectivity index (χ0) is 12.2. The second-order valence-corrected chi connectivity index (χ2v) is 4.16. The van der Waals surface area contributed by atoms with E-state index in [-0.39, 0.29) is 17.9 Å². The van der Waals surface area contributed by atoms with E-state index in [9.17, 15) is 14.3 Å². The van der Waals surface area contributed by atoms with Gasteiger partial charge in [0, 0.05) is 0 Å². The van der Waals surface area contributed by atoms with E-state index in [1.807, 2.05) is 0 Å². The molecule has 16 heavy (non-hydrogen) atoms. The first kappa shape index (κ1) is 12.7. The number of hydrogen-bond donors (Lipinski definition) is 2. The van der Waals surface area contributed by atoms with Gasteiger partial charge in [0.2, 0.25) is 0 Å². The van der Waals surface area contributed by atoms with Gasteiger partial charge in [-0.2, -0.15) is 0 Å². The first-order valence-electron chi connectivity index (χ1n) is 4.45. The Morgan fingerprint density at radius 2 is 2.06 bits per heavy atom. The highest BCUT2D eigenvalue weighted by Gasteiger charge is 2.24. The van der Waals surface area contributed by atoms with Crippen LogP contribution in [0.25, 0.3) is 0 Å². The van der Waals surface area contributed by atoms with Gasteiger partial charge in [0.05, 0.1) is 6.61 Å². The fourth-order valence-corrected chi connectivity index (χ4v) is 1.82. The Hall–Kier alpha value is -1.36. The molecule has 0 heterocycles. The zero-order valence-electron chi connectivity index (χ0n) is 8.49. The van der Waals surface area contributed by atoms with Gasteiger partial charge in [0.1, 0.15) is 11.3 Å². The maximum absolute atomic E-state index is 11.3. The Morgan fingerprint density at radius 3 is 2.62 bits per heavy atom. The number of carboxylic acid groups (broad SMARTS) is 1. The van der Waals surface area contributed by atoms with Crippen LogP contribution in [0, 0.1) is 0 Å². The molecule has 1 aromatic rings. The molecular weight excluding hydrogens is 235 g/mol. The van der Waals surface area contributed by atoms with Crippen molar-refractivity contribution in [3.05, 3.63) is 29.8 Å². The van der Waals surface area contributed by atoms with Crippen LogP contribution in [-0.4, -0.2) is 22.6 Å². The molecule has 0 aromatic heterocycles. The van der Waals surface area contributed by atoms with Crippen molar-refractivity contribution in [2.75, 3.05) is 6.61 Å². The molecule has 0 spiro atoms. The lowest BCUT2D eigenvalue weighted by Gasteiger charge is -2.13. The van der Waals surface area contributed by atoms with Gasteiger partial charge in [-0.15, -0.1) is 0 Å². The predicted molar refractivity (Wildman–Crippen MR) is 55.5 cm³/mol. The van der Waals surface area contributed by atoms with Crippen molar-refractivity contribution in [1.29, 1.82) is 0 Å². The van der Waals surface area contributed by atoms with Crippen LogP contribution >= 0.6 is 7.82 Å². The summed E-state index contributed by atoms with van der Waals surface area (Å²) in [5.41, 5.74) is -0.198. The van der Waals surface area contributed by atoms with Crippen molar-refractivity contribution in [2.45, 2.75) is 6.92 Å². The van der Waals surface area contributed by atoms with Crippen molar-refractivity contribution in [3.63, 3.8) is 0 Å². The SMILES string of the molecule is CCOP(=O)(O)Oc1ccccc1C(=O)O. The van der Waals surface area contributed by atoms with Crippen LogP contribution < -0.4 is 4.52 Å². The van der Waals surface area contributed by atoms with Crippen LogP contribution in [0.15, 0.2) is 24.3 Å². The fourth-order valence-electron chi connectivity index (χ4n) is 1.04. The summed E-state index contributed by atoms with van der Waals surface area (Å²) in [5.74, 6) is -1.44. The zero-order valence-corrected chi connectivity index (χ0v) is 9.39. The lowest BCUT2D eigenvalue weighted by atomic mass is 10.2. The average Bonchev–Trinajstić information content (AvgIpc) is 2.17. The minimum Gasteiger partial charge on any atom is -0.478 e. The summed E-state index contributed by atoms with van der Waals surface area (Å²) in [6.07, 6.45) is 0.